The molecule has 0 radical (unpaired) electrons. The van der Waals surface area contributed by atoms with Gasteiger partial charge in [0.15, 0.2) is 5.75 Å². The number of para-hydroxylation sites is 2. The van der Waals surface area contributed by atoms with Gasteiger partial charge in [0.25, 0.3) is 5.91 Å². The van der Waals surface area contributed by atoms with Crippen LogP contribution < -0.4 is 14.4 Å². The van der Waals surface area contributed by atoms with E-state index in [-0.39, 0.29) is 17.8 Å². The van der Waals surface area contributed by atoms with Crippen molar-refractivity contribution < 1.29 is 31.1 Å². The number of benzene rings is 2. The molecule has 0 atom stereocenters. The van der Waals surface area contributed by atoms with Gasteiger partial charge >= 0.3 is 6.36 Å². The molecule has 144 valence electrons. The van der Waals surface area contributed by atoms with E-state index in [9.17, 15) is 26.4 Å². The molecule has 2 aromatic carbocycles. The zero-order valence-electron chi connectivity index (χ0n) is 14.1. The lowest BCUT2D eigenvalue weighted by Gasteiger charge is -2.17. The quantitative estimate of drug-likeness (QED) is 0.856. The number of anilines is 2. The number of hydrogen-bond acceptors (Lipinski definition) is 4. The highest BCUT2D eigenvalue weighted by molar-refractivity contribution is 7.92. The smallest absolute Gasteiger partial charge is 0.404 e. The maximum absolute atomic E-state index is 12.5. The Morgan fingerprint density at radius 2 is 1.89 bits per heavy atom. The molecule has 0 spiro atoms. The number of ether oxygens (including phenoxy) is 1. The van der Waals surface area contributed by atoms with Gasteiger partial charge in [-0.25, -0.2) is 8.42 Å². The van der Waals surface area contributed by atoms with Crippen molar-refractivity contribution in [1.29, 1.82) is 0 Å². The largest absolute Gasteiger partial charge is 0.573 e. The highest BCUT2D eigenvalue weighted by Crippen LogP contribution is 2.32. The minimum Gasteiger partial charge on any atom is -0.404 e. The van der Waals surface area contributed by atoms with Crippen molar-refractivity contribution in [2.24, 2.45) is 0 Å². The van der Waals surface area contributed by atoms with Crippen molar-refractivity contribution in [2.45, 2.75) is 12.8 Å². The molecule has 1 aliphatic heterocycles. The predicted octanol–water partition coefficient (Wildman–Crippen LogP) is 3.16. The van der Waals surface area contributed by atoms with Crippen LogP contribution in [-0.2, 0) is 16.4 Å². The second kappa shape index (κ2) is 6.76. The van der Waals surface area contributed by atoms with E-state index in [1.807, 2.05) is 0 Å². The molecule has 10 heteroatoms. The van der Waals surface area contributed by atoms with Gasteiger partial charge in [-0.05, 0) is 42.3 Å². The zero-order valence-corrected chi connectivity index (χ0v) is 14.9. The SMILES string of the molecule is CS(=O)(=O)N1CCc2cc(C(=O)Nc3ccccc3OC(F)(F)F)ccc21. The third kappa shape index (κ3) is 4.33. The number of nitrogens with zero attached hydrogens (tertiary/aromatic N) is 1. The Balaban J connectivity index is 1.83. The molecular weight excluding hydrogens is 385 g/mol. The number of rotatable bonds is 4. The first-order valence-electron chi connectivity index (χ1n) is 7.81. The highest BCUT2D eigenvalue weighted by Gasteiger charge is 2.32. The molecule has 0 aliphatic carbocycles. The number of carbonyl (C=O) groups is 1. The molecule has 3 rings (SSSR count). The van der Waals surface area contributed by atoms with E-state index in [0.717, 1.165) is 12.3 Å². The molecule has 1 amide bonds. The lowest BCUT2D eigenvalue weighted by molar-refractivity contribution is -0.274. The summed E-state index contributed by atoms with van der Waals surface area (Å²) in [7, 11) is -3.41. The second-order valence-electron chi connectivity index (χ2n) is 5.93. The summed E-state index contributed by atoms with van der Waals surface area (Å²) in [4.78, 5) is 12.4. The molecule has 0 saturated carbocycles. The van der Waals surface area contributed by atoms with Gasteiger partial charge in [0, 0.05) is 12.1 Å². The Bertz CT molecular complexity index is 990. The average Bonchev–Trinajstić information content (AvgIpc) is 2.98. The maximum Gasteiger partial charge on any atom is 0.573 e. The zero-order chi connectivity index (χ0) is 19.8. The van der Waals surface area contributed by atoms with Crippen molar-refractivity contribution in [3.8, 4) is 5.75 Å². The molecule has 1 heterocycles. The van der Waals surface area contributed by atoms with Gasteiger partial charge in [0.05, 0.1) is 17.6 Å². The van der Waals surface area contributed by atoms with Gasteiger partial charge < -0.3 is 10.1 Å². The van der Waals surface area contributed by atoms with E-state index in [1.54, 1.807) is 0 Å². The average molecular weight is 400 g/mol. The van der Waals surface area contributed by atoms with E-state index in [2.05, 4.69) is 10.1 Å². The van der Waals surface area contributed by atoms with Gasteiger partial charge in [0.1, 0.15) is 0 Å². The number of nitrogens with one attached hydrogen (secondary N) is 1. The molecule has 1 N–H and O–H groups in total. The van der Waals surface area contributed by atoms with Crippen LogP contribution >= 0.6 is 0 Å². The second-order valence-corrected chi connectivity index (χ2v) is 7.83. The fraction of sp³-hybridized carbons (Fsp3) is 0.235. The number of alkyl halides is 3. The van der Waals surface area contributed by atoms with Crippen LogP contribution in [0.3, 0.4) is 0 Å². The number of halogens is 3. The normalized spacial score (nSPS) is 14.0. The molecular formula is C17H15F3N2O4S. The number of fused-ring (bicyclic) bond motifs is 1. The van der Waals surface area contributed by atoms with Crippen LogP contribution in [-0.4, -0.2) is 33.5 Å². The minimum absolute atomic E-state index is 0.127. The van der Waals surface area contributed by atoms with Gasteiger partial charge in [0.2, 0.25) is 10.0 Å². The molecule has 2 aromatic rings. The third-order valence-electron chi connectivity index (χ3n) is 3.96. The topological polar surface area (TPSA) is 75.7 Å². The summed E-state index contributed by atoms with van der Waals surface area (Å²) >= 11 is 0. The van der Waals surface area contributed by atoms with E-state index >= 15 is 0 Å². The van der Waals surface area contributed by atoms with Crippen LogP contribution in [0.2, 0.25) is 0 Å². The van der Waals surface area contributed by atoms with Crippen molar-refractivity contribution in [2.75, 3.05) is 22.4 Å². The minimum atomic E-state index is -4.89. The van der Waals surface area contributed by atoms with Gasteiger partial charge in [-0.15, -0.1) is 13.2 Å². The van der Waals surface area contributed by atoms with Crippen molar-refractivity contribution >= 4 is 27.3 Å². The Morgan fingerprint density at radius 1 is 1.19 bits per heavy atom. The Hall–Kier alpha value is -2.75. The summed E-state index contributed by atoms with van der Waals surface area (Å²) in [6.45, 7) is 0.279. The summed E-state index contributed by atoms with van der Waals surface area (Å²) in [5, 5.41) is 2.39. The molecule has 27 heavy (non-hydrogen) atoms. The van der Waals surface area contributed by atoms with Crippen LogP contribution in [0.5, 0.6) is 5.75 Å². The van der Waals surface area contributed by atoms with E-state index in [4.69, 9.17) is 0 Å². The standard InChI is InChI=1S/C17H15F3N2O4S/c1-27(24,25)22-9-8-11-10-12(6-7-14(11)22)16(23)21-13-4-2-3-5-15(13)26-17(18,19)20/h2-7,10H,8-9H2,1H3,(H,21,23). The lowest BCUT2D eigenvalue weighted by atomic mass is 10.1. The van der Waals surface area contributed by atoms with Crippen LogP contribution in [0.25, 0.3) is 0 Å². The fourth-order valence-corrected chi connectivity index (χ4v) is 3.79. The number of carbonyl (C=O) groups excluding carboxylic acids is 1. The summed E-state index contributed by atoms with van der Waals surface area (Å²) in [5.74, 6) is -1.16. The summed E-state index contributed by atoms with van der Waals surface area (Å²) in [6, 6.07) is 9.66. The fourth-order valence-electron chi connectivity index (χ4n) is 2.84. The van der Waals surface area contributed by atoms with Crippen molar-refractivity contribution in [3.05, 3.63) is 53.6 Å². The Morgan fingerprint density at radius 3 is 2.56 bits per heavy atom. The van der Waals surface area contributed by atoms with Gasteiger partial charge in [-0.3, -0.25) is 9.10 Å². The van der Waals surface area contributed by atoms with Crippen LogP contribution in [0.4, 0.5) is 24.5 Å². The van der Waals surface area contributed by atoms with Crippen LogP contribution in [0, 0.1) is 0 Å². The summed E-state index contributed by atoms with van der Waals surface area (Å²) < 4.78 is 66.1. The van der Waals surface area contributed by atoms with E-state index in [1.165, 1.54) is 40.7 Å². The van der Waals surface area contributed by atoms with E-state index in [0.29, 0.717) is 17.7 Å². The molecule has 0 aromatic heterocycles. The lowest BCUT2D eigenvalue weighted by Crippen LogP contribution is -2.27. The van der Waals surface area contributed by atoms with Gasteiger partial charge in [-0.1, -0.05) is 12.1 Å². The van der Waals surface area contributed by atoms with Gasteiger partial charge in [-0.2, -0.15) is 0 Å². The Kier molecular flexibility index (Phi) is 4.77. The van der Waals surface area contributed by atoms with Crippen LogP contribution in [0.1, 0.15) is 15.9 Å². The first kappa shape index (κ1) is 19.0. The summed E-state index contributed by atoms with van der Waals surface area (Å²) in [5.41, 5.74) is 1.24. The molecule has 0 saturated heterocycles. The molecule has 6 nitrogen and oxygen atoms in total. The number of amides is 1. The predicted molar refractivity (Wildman–Crippen MR) is 93.4 cm³/mol. The molecule has 0 bridgehead atoms. The van der Waals surface area contributed by atoms with Crippen molar-refractivity contribution in [3.63, 3.8) is 0 Å². The third-order valence-corrected chi connectivity index (χ3v) is 5.14. The first-order valence-corrected chi connectivity index (χ1v) is 9.66. The number of hydrogen-bond donors (Lipinski definition) is 1. The molecule has 0 fully saturated rings. The maximum atomic E-state index is 12.5. The molecule has 1 aliphatic rings. The highest BCUT2D eigenvalue weighted by atomic mass is 32.2. The van der Waals surface area contributed by atoms with Crippen LogP contribution in [0.15, 0.2) is 42.5 Å². The van der Waals surface area contributed by atoms with E-state index < -0.39 is 28.0 Å². The number of sulfonamides is 1. The van der Waals surface area contributed by atoms with Crippen molar-refractivity contribution in [1.82, 2.24) is 0 Å². The monoisotopic (exact) mass is 400 g/mol. The first-order chi connectivity index (χ1) is 12.5. The summed E-state index contributed by atoms with van der Waals surface area (Å²) in [6.07, 6.45) is -3.35. The Labute approximate surface area is 153 Å². The molecule has 0 unspecified atom stereocenters.